The van der Waals surface area contributed by atoms with Crippen molar-refractivity contribution in [1.82, 2.24) is 0 Å². The Balaban J connectivity index is 2.47. The highest BCUT2D eigenvalue weighted by Crippen LogP contribution is 2.24. The van der Waals surface area contributed by atoms with Crippen LogP contribution < -0.4 is 0 Å². The minimum atomic E-state index is -0.974. The van der Waals surface area contributed by atoms with E-state index in [0.29, 0.717) is 19.1 Å². The summed E-state index contributed by atoms with van der Waals surface area (Å²) in [7, 11) is 0. The van der Waals surface area contributed by atoms with Crippen molar-refractivity contribution in [2.75, 3.05) is 0 Å². The van der Waals surface area contributed by atoms with E-state index in [2.05, 4.69) is 0 Å². The van der Waals surface area contributed by atoms with Crippen LogP contribution in [0.3, 0.4) is 0 Å². The van der Waals surface area contributed by atoms with E-state index in [0.717, 1.165) is 5.56 Å². The van der Waals surface area contributed by atoms with Gasteiger partial charge in [0.2, 0.25) is 5.78 Å². The molecule has 4 heteroatoms. The maximum atomic E-state index is 11.3. The first-order valence-electron chi connectivity index (χ1n) is 4.02. The first-order valence-corrected chi connectivity index (χ1v) is 4.02. The standard InChI is InChI=1S/C9H8O4/c10-4-6-3-5-1-2-7(11)8(12)9(5)13-6/h3-4,7,11H,1-2H2. The molecule has 1 N–H and O–H groups in total. The van der Waals surface area contributed by atoms with Gasteiger partial charge in [0.1, 0.15) is 6.10 Å². The maximum Gasteiger partial charge on any atom is 0.226 e. The summed E-state index contributed by atoms with van der Waals surface area (Å²) in [6.07, 6.45) is 0.569. The number of aldehydes is 1. The molecule has 0 amide bonds. The van der Waals surface area contributed by atoms with Gasteiger partial charge in [0, 0.05) is 5.56 Å². The average molecular weight is 180 g/mol. The molecule has 0 saturated heterocycles. The molecule has 1 aliphatic carbocycles. The zero-order valence-electron chi connectivity index (χ0n) is 6.82. The molecule has 0 spiro atoms. The third kappa shape index (κ3) is 1.19. The Hall–Kier alpha value is -1.42. The minimum absolute atomic E-state index is 0.140. The molecule has 1 aromatic heterocycles. The summed E-state index contributed by atoms with van der Waals surface area (Å²) in [5.41, 5.74) is 0.720. The number of carbonyl (C=O) groups is 2. The number of aryl methyl sites for hydroxylation is 1. The molecular formula is C9H8O4. The first kappa shape index (κ1) is 8.19. The number of fused-ring (bicyclic) bond motifs is 1. The molecule has 1 atom stereocenters. The van der Waals surface area contributed by atoms with Crippen LogP contribution in [0.5, 0.6) is 0 Å². The number of furan rings is 1. The molecule has 1 aromatic rings. The van der Waals surface area contributed by atoms with E-state index in [4.69, 9.17) is 4.42 Å². The Morgan fingerprint density at radius 3 is 3.08 bits per heavy atom. The highest BCUT2D eigenvalue weighted by Gasteiger charge is 2.29. The van der Waals surface area contributed by atoms with Crippen LogP contribution >= 0.6 is 0 Å². The number of Topliss-reactive ketones (excluding diaryl/α,β-unsaturated/α-hetero) is 1. The molecule has 13 heavy (non-hydrogen) atoms. The van der Waals surface area contributed by atoms with E-state index in [9.17, 15) is 14.7 Å². The van der Waals surface area contributed by atoms with Crippen LogP contribution in [0.4, 0.5) is 0 Å². The Kier molecular flexibility index (Phi) is 1.77. The van der Waals surface area contributed by atoms with E-state index >= 15 is 0 Å². The normalized spacial score (nSPS) is 21.3. The van der Waals surface area contributed by atoms with Gasteiger partial charge < -0.3 is 9.52 Å². The summed E-state index contributed by atoms with van der Waals surface area (Å²) >= 11 is 0. The summed E-state index contributed by atoms with van der Waals surface area (Å²) in [5, 5.41) is 9.21. The van der Waals surface area contributed by atoms with Crippen molar-refractivity contribution in [1.29, 1.82) is 0 Å². The predicted octanol–water partition coefficient (Wildman–Crippen LogP) is 0.582. The van der Waals surface area contributed by atoms with E-state index in [1.54, 1.807) is 6.07 Å². The van der Waals surface area contributed by atoms with E-state index in [1.807, 2.05) is 0 Å². The van der Waals surface area contributed by atoms with Gasteiger partial charge in [-0.1, -0.05) is 0 Å². The van der Waals surface area contributed by atoms with Crippen LogP contribution in [0.25, 0.3) is 0 Å². The zero-order chi connectivity index (χ0) is 9.42. The molecule has 0 aliphatic heterocycles. The van der Waals surface area contributed by atoms with E-state index < -0.39 is 11.9 Å². The van der Waals surface area contributed by atoms with Crippen molar-refractivity contribution in [3.05, 3.63) is 23.2 Å². The number of hydrogen-bond acceptors (Lipinski definition) is 4. The molecule has 1 heterocycles. The lowest BCUT2D eigenvalue weighted by Crippen LogP contribution is -2.25. The molecule has 0 fully saturated rings. The topological polar surface area (TPSA) is 67.5 Å². The molecule has 4 nitrogen and oxygen atoms in total. The van der Waals surface area contributed by atoms with Crippen molar-refractivity contribution in [3.63, 3.8) is 0 Å². The first-order chi connectivity index (χ1) is 6.22. The van der Waals surface area contributed by atoms with Crippen LogP contribution in [0.15, 0.2) is 10.5 Å². The van der Waals surface area contributed by atoms with Gasteiger partial charge in [0.05, 0.1) is 0 Å². The summed E-state index contributed by atoms with van der Waals surface area (Å²) in [5.74, 6) is -0.136. The third-order valence-electron chi connectivity index (χ3n) is 2.16. The molecule has 1 unspecified atom stereocenters. The smallest absolute Gasteiger partial charge is 0.226 e. The fraction of sp³-hybridized carbons (Fsp3) is 0.333. The van der Waals surface area contributed by atoms with E-state index in [1.165, 1.54) is 0 Å². The van der Waals surface area contributed by atoms with Gasteiger partial charge in [0.15, 0.2) is 17.8 Å². The van der Waals surface area contributed by atoms with Gasteiger partial charge in [-0.3, -0.25) is 9.59 Å². The van der Waals surface area contributed by atoms with Crippen LogP contribution in [0.1, 0.15) is 33.1 Å². The van der Waals surface area contributed by atoms with Gasteiger partial charge >= 0.3 is 0 Å². The average Bonchev–Trinajstić information content (AvgIpc) is 2.55. The molecule has 2 rings (SSSR count). The SMILES string of the molecule is O=Cc1cc2c(o1)C(=O)C(O)CC2. The largest absolute Gasteiger partial charge is 0.450 e. The van der Waals surface area contributed by atoms with Gasteiger partial charge in [-0.25, -0.2) is 0 Å². The second-order valence-electron chi connectivity index (χ2n) is 3.04. The fourth-order valence-corrected chi connectivity index (χ4v) is 1.48. The quantitative estimate of drug-likeness (QED) is 0.642. The van der Waals surface area contributed by atoms with Crippen LogP contribution in [-0.4, -0.2) is 23.3 Å². The Bertz CT molecular complexity index is 364. The van der Waals surface area contributed by atoms with Gasteiger partial charge in [0.25, 0.3) is 0 Å². The molecule has 0 aromatic carbocycles. The third-order valence-corrected chi connectivity index (χ3v) is 2.16. The van der Waals surface area contributed by atoms with Gasteiger partial charge in [-0.15, -0.1) is 0 Å². The number of ketones is 1. The van der Waals surface area contributed by atoms with Crippen molar-refractivity contribution >= 4 is 12.1 Å². The number of aliphatic hydroxyl groups is 1. The summed E-state index contributed by atoms with van der Waals surface area (Å²) in [4.78, 5) is 21.6. The molecule has 1 aliphatic rings. The van der Waals surface area contributed by atoms with Crippen molar-refractivity contribution < 1.29 is 19.1 Å². The summed E-state index contributed by atoms with van der Waals surface area (Å²) < 4.78 is 4.96. The second kappa shape index (κ2) is 2.81. The highest BCUT2D eigenvalue weighted by atomic mass is 16.4. The number of rotatable bonds is 1. The van der Waals surface area contributed by atoms with Crippen molar-refractivity contribution in [2.24, 2.45) is 0 Å². The van der Waals surface area contributed by atoms with Crippen molar-refractivity contribution in [3.8, 4) is 0 Å². The molecule has 0 bridgehead atoms. The summed E-state index contributed by atoms with van der Waals surface area (Å²) in [6, 6.07) is 1.55. The van der Waals surface area contributed by atoms with Crippen LogP contribution in [-0.2, 0) is 6.42 Å². The molecule has 0 radical (unpaired) electrons. The minimum Gasteiger partial charge on any atom is -0.450 e. The second-order valence-corrected chi connectivity index (χ2v) is 3.04. The fourth-order valence-electron chi connectivity index (χ4n) is 1.48. The lowest BCUT2D eigenvalue weighted by Gasteiger charge is -2.13. The number of carbonyl (C=O) groups excluding carboxylic acids is 2. The van der Waals surface area contributed by atoms with Crippen LogP contribution in [0, 0.1) is 0 Å². The monoisotopic (exact) mass is 180 g/mol. The van der Waals surface area contributed by atoms with Crippen LogP contribution in [0.2, 0.25) is 0 Å². The predicted molar refractivity (Wildman–Crippen MR) is 42.8 cm³/mol. The van der Waals surface area contributed by atoms with Crippen molar-refractivity contribution in [2.45, 2.75) is 18.9 Å². The Labute approximate surface area is 74.2 Å². The van der Waals surface area contributed by atoms with Gasteiger partial charge in [-0.2, -0.15) is 0 Å². The van der Waals surface area contributed by atoms with E-state index in [-0.39, 0.29) is 11.5 Å². The molecule has 68 valence electrons. The lowest BCUT2D eigenvalue weighted by atomic mass is 9.95. The summed E-state index contributed by atoms with van der Waals surface area (Å²) in [6.45, 7) is 0. The number of aliphatic hydroxyl groups excluding tert-OH is 1. The molecule has 0 saturated carbocycles. The molecular weight excluding hydrogens is 172 g/mol. The maximum absolute atomic E-state index is 11.3. The Morgan fingerprint density at radius 2 is 2.38 bits per heavy atom. The lowest BCUT2D eigenvalue weighted by molar-refractivity contribution is 0.0678. The number of hydrogen-bond donors (Lipinski definition) is 1. The zero-order valence-corrected chi connectivity index (χ0v) is 6.82. The highest BCUT2D eigenvalue weighted by molar-refractivity contribution is 5.99. The Morgan fingerprint density at radius 1 is 1.62 bits per heavy atom. The van der Waals surface area contributed by atoms with Gasteiger partial charge in [-0.05, 0) is 18.9 Å².